The van der Waals surface area contributed by atoms with Gasteiger partial charge in [-0.3, -0.25) is 4.21 Å². The Hall–Kier alpha value is 0.420. The smallest absolute Gasteiger partial charge is 0.0908 e. The molecule has 0 aliphatic carbocycles. The molecule has 0 spiro atoms. The summed E-state index contributed by atoms with van der Waals surface area (Å²) in [6.07, 6.45) is 1.36. The van der Waals surface area contributed by atoms with E-state index in [1.54, 1.807) is 18.7 Å². The van der Waals surface area contributed by atoms with E-state index in [1.165, 1.54) is 0 Å². The van der Waals surface area contributed by atoms with Crippen LogP contribution in [-0.2, 0) is 10.8 Å². The lowest BCUT2D eigenvalue weighted by atomic mass is 10.0. The molecule has 0 aromatic heterocycles. The molecule has 0 aromatic rings. The van der Waals surface area contributed by atoms with E-state index < -0.39 is 20.5 Å². The molecule has 1 aliphatic heterocycles. The van der Waals surface area contributed by atoms with Crippen LogP contribution in [0.25, 0.3) is 0 Å². The number of rotatable bonds is 3. The van der Waals surface area contributed by atoms with Crippen LogP contribution in [-0.4, -0.2) is 42.2 Å². The fraction of sp³-hybridized carbons (Fsp3) is 1.00. The second kappa shape index (κ2) is 4.51. The molecule has 1 fully saturated rings. The minimum absolute atomic E-state index is 0.277. The lowest BCUT2D eigenvalue weighted by Gasteiger charge is -2.37. The molecule has 84 valence electrons. The maximum atomic E-state index is 11.8. The number of aliphatic hydroxyl groups is 2. The zero-order valence-electron chi connectivity index (χ0n) is 8.65. The predicted molar refractivity (Wildman–Crippen MR) is 60.8 cm³/mol. The number of hydrogen-bond acceptors (Lipinski definition) is 4. The van der Waals surface area contributed by atoms with Gasteiger partial charge in [0.25, 0.3) is 0 Å². The maximum Gasteiger partial charge on any atom is 0.0908 e. The van der Waals surface area contributed by atoms with Crippen molar-refractivity contribution in [2.45, 2.75) is 36.4 Å². The highest BCUT2D eigenvalue weighted by Gasteiger charge is 2.40. The molecule has 0 bridgehead atoms. The summed E-state index contributed by atoms with van der Waals surface area (Å²) < 4.78 is 11.4. The summed E-state index contributed by atoms with van der Waals surface area (Å²) in [5.74, 6) is 1.70. The Kier molecular flexibility index (Phi) is 4.03. The van der Waals surface area contributed by atoms with Gasteiger partial charge in [-0.05, 0) is 26.0 Å². The van der Waals surface area contributed by atoms with Crippen LogP contribution in [0.4, 0.5) is 0 Å². The summed E-state index contributed by atoms with van der Waals surface area (Å²) >= 11 is 1.64. The largest absolute Gasteiger partial charge is 0.393 e. The van der Waals surface area contributed by atoms with E-state index >= 15 is 0 Å². The maximum absolute atomic E-state index is 11.8. The van der Waals surface area contributed by atoms with Gasteiger partial charge in [-0.2, -0.15) is 0 Å². The molecular formula is C9H18O3S2. The van der Waals surface area contributed by atoms with Crippen molar-refractivity contribution in [2.24, 2.45) is 0 Å². The molecule has 0 aromatic carbocycles. The van der Waals surface area contributed by atoms with Gasteiger partial charge in [0.1, 0.15) is 0 Å². The fourth-order valence-corrected chi connectivity index (χ4v) is 5.29. The van der Waals surface area contributed by atoms with Gasteiger partial charge in [-0.15, -0.1) is 11.8 Å². The second-order valence-corrected chi connectivity index (χ2v) is 8.07. The molecule has 0 radical (unpaired) electrons. The van der Waals surface area contributed by atoms with Crippen molar-refractivity contribution in [3.8, 4) is 0 Å². The molecule has 3 nitrogen and oxygen atoms in total. The summed E-state index contributed by atoms with van der Waals surface area (Å²) in [6, 6.07) is 0. The van der Waals surface area contributed by atoms with Gasteiger partial charge in [0, 0.05) is 23.0 Å². The third-order valence-corrected chi connectivity index (χ3v) is 6.33. The molecule has 3 atom stereocenters. The van der Waals surface area contributed by atoms with Gasteiger partial charge in [-0.1, -0.05) is 0 Å². The Labute approximate surface area is 91.7 Å². The molecule has 1 aliphatic rings. The van der Waals surface area contributed by atoms with E-state index in [-0.39, 0.29) is 6.61 Å². The zero-order chi connectivity index (χ0) is 10.8. The number of hydrogen-bond donors (Lipinski definition) is 2. The predicted octanol–water partition coefficient (Wildman–Crippen LogP) is 0.722. The monoisotopic (exact) mass is 238 g/mol. The normalized spacial score (nSPS) is 37.9. The molecule has 5 heteroatoms. The highest BCUT2D eigenvalue weighted by molar-refractivity contribution is 8.13. The summed E-state index contributed by atoms with van der Waals surface area (Å²) in [7, 11) is -0.900. The van der Waals surface area contributed by atoms with E-state index in [1.807, 2.05) is 6.92 Å². The van der Waals surface area contributed by atoms with Crippen LogP contribution in [0.2, 0.25) is 0 Å². The van der Waals surface area contributed by atoms with Crippen LogP contribution in [0.3, 0.4) is 0 Å². The summed E-state index contributed by atoms with van der Waals surface area (Å²) in [5, 5.41) is 18.7. The molecule has 0 amide bonds. The van der Waals surface area contributed by atoms with Crippen molar-refractivity contribution < 1.29 is 14.4 Å². The van der Waals surface area contributed by atoms with E-state index in [4.69, 9.17) is 5.11 Å². The lowest BCUT2D eigenvalue weighted by Crippen LogP contribution is -2.43. The average Bonchev–Trinajstić information content (AvgIpc) is 2.10. The Morgan fingerprint density at radius 1 is 1.64 bits per heavy atom. The van der Waals surface area contributed by atoms with E-state index in [2.05, 4.69) is 0 Å². The van der Waals surface area contributed by atoms with Crippen molar-refractivity contribution in [3.05, 3.63) is 0 Å². The number of thioether (sulfide) groups is 1. The van der Waals surface area contributed by atoms with E-state index in [0.717, 1.165) is 12.2 Å². The molecule has 1 unspecified atom stereocenters. The van der Waals surface area contributed by atoms with Crippen LogP contribution in [0.5, 0.6) is 0 Å². The minimum atomic E-state index is -1.12. The first-order valence-corrected chi connectivity index (χ1v) is 7.06. The van der Waals surface area contributed by atoms with E-state index in [9.17, 15) is 9.32 Å². The van der Waals surface area contributed by atoms with Crippen molar-refractivity contribution in [2.75, 3.05) is 18.1 Å². The highest BCUT2D eigenvalue weighted by Crippen LogP contribution is 2.40. The van der Waals surface area contributed by atoms with Crippen molar-refractivity contribution >= 4 is 22.6 Å². The van der Waals surface area contributed by atoms with Crippen molar-refractivity contribution in [1.82, 2.24) is 0 Å². The summed E-state index contributed by atoms with van der Waals surface area (Å²) in [4.78, 5) is 0. The van der Waals surface area contributed by atoms with Gasteiger partial charge in [0.05, 0.1) is 16.3 Å². The third kappa shape index (κ3) is 2.95. The molecule has 1 rings (SSSR count). The Bertz CT molecular complexity index is 230. The fourth-order valence-electron chi connectivity index (χ4n) is 1.64. The molecular weight excluding hydrogens is 220 g/mol. The quantitative estimate of drug-likeness (QED) is 0.761. The Morgan fingerprint density at radius 3 is 2.79 bits per heavy atom. The highest BCUT2D eigenvalue weighted by atomic mass is 32.2. The Balaban J connectivity index is 2.68. The van der Waals surface area contributed by atoms with Crippen molar-refractivity contribution in [3.63, 3.8) is 0 Å². The van der Waals surface area contributed by atoms with Crippen LogP contribution in [0, 0.1) is 0 Å². The van der Waals surface area contributed by atoms with Crippen LogP contribution < -0.4 is 0 Å². The molecule has 2 N–H and O–H groups in total. The molecule has 14 heavy (non-hydrogen) atoms. The summed E-state index contributed by atoms with van der Waals surface area (Å²) in [6.45, 7) is 3.22. The lowest BCUT2D eigenvalue weighted by molar-refractivity contribution is -0.00656. The van der Waals surface area contributed by atoms with Crippen LogP contribution >= 0.6 is 11.8 Å². The molecule has 1 heterocycles. The van der Waals surface area contributed by atoms with Crippen LogP contribution in [0.15, 0.2) is 0 Å². The zero-order valence-corrected chi connectivity index (χ0v) is 10.3. The van der Waals surface area contributed by atoms with Crippen LogP contribution in [0.1, 0.15) is 26.7 Å². The molecule has 0 saturated carbocycles. The van der Waals surface area contributed by atoms with Crippen molar-refractivity contribution in [1.29, 1.82) is 0 Å². The topological polar surface area (TPSA) is 57.5 Å². The number of aliphatic hydroxyl groups excluding tert-OH is 1. The first kappa shape index (κ1) is 12.5. The van der Waals surface area contributed by atoms with Gasteiger partial charge in [0.2, 0.25) is 0 Å². The standard InChI is InChI=1S/C9H18O3S2/c1-8(11,7-10)6-9(2)13-4-3-5-14(9)12/h10-11H,3-7H2,1-2H3/t8-,9+,14?/m1/s1. The average molecular weight is 238 g/mol. The molecule has 1 saturated heterocycles. The van der Waals surface area contributed by atoms with Gasteiger partial charge < -0.3 is 10.2 Å². The SMILES string of the molecule is C[C@](O)(CO)C[C@@]1(C)SCCCS1=O. The minimum Gasteiger partial charge on any atom is -0.393 e. The third-order valence-electron chi connectivity index (χ3n) is 2.41. The Morgan fingerprint density at radius 2 is 2.29 bits per heavy atom. The summed E-state index contributed by atoms with van der Waals surface area (Å²) in [5.41, 5.74) is -1.12. The van der Waals surface area contributed by atoms with Gasteiger partial charge >= 0.3 is 0 Å². The van der Waals surface area contributed by atoms with Gasteiger partial charge in [-0.25, -0.2) is 0 Å². The van der Waals surface area contributed by atoms with Gasteiger partial charge in [0.15, 0.2) is 0 Å². The second-order valence-electron chi connectivity index (χ2n) is 4.22. The van der Waals surface area contributed by atoms with E-state index in [0.29, 0.717) is 12.2 Å². The first-order valence-electron chi connectivity index (χ1n) is 4.75. The first-order chi connectivity index (χ1) is 6.40.